The van der Waals surface area contributed by atoms with E-state index in [1.54, 1.807) is 14.2 Å². The highest BCUT2D eigenvalue weighted by Crippen LogP contribution is 2.48. The average molecular weight is 427 g/mol. The van der Waals surface area contributed by atoms with Gasteiger partial charge in [-0.3, -0.25) is 4.79 Å². The molecular weight excluding hydrogens is 404 g/mol. The number of benzene rings is 2. The van der Waals surface area contributed by atoms with E-state index in [0.29, 0.717) is 34.5 Å². The van der Waals surface area contributed by atoms with Crippen molar-refractivity contribution >= 4 is 17.5 Å². The largest absolute Gasteiger partial charge is 0.493 e. The van der Waals surface area contributed by atoms with Crippen LogP contribution in [0.15, 0.2) is 53.1 Å². The zero-order valence-electron chi connectivity index (χ0n) is 16.9. The second-order valence-corrected chi connectivity index (χ2v) is 7.80. The highest BCUT2D eigenvalue weighted by Gasteiger charge is 2.53. The van der Waals surface area contributed by atoms with Gasteiger partial charge in [-0.05, 0) is 55.2 Å². The Labute approximate surface area is 180 Å². The normalized spacial score (nSPS) is 14.2. The third kappa shape index (κ3) is 4.00. The number of nitrogens with zero attached hydrogens (tertiary/aromatic N) is 1. The molecule has 0 atom stereocenters. The number of methoxy groups -OCH3 is 2. The molecule has 156 valence electrons. The Morgan fingerprint density at radius 1 is 1.10 bits per heavy atom. The summed E-state index contributed by atoms with van der Waals surface area (Å²) in [4.78, 5) is 12.9. The lowest BCUT2D eigenvalue weighted by Crippen LogP contribution is -2.36. The number of nitrogens with one attached hydrogen (secondary N) is 1. The van der Waals surface area contributed by atoms with Crippen molar-refractivity contribution in [3.05, 3.63) is 64.8 Å². The monoisotopic (exact) mass is 426 g/mol. The maximum absolute atomic E-state index is 12.9. The van der Waals surface area contributed by atoms with Crippen molar-refractivity contribution < 1.29 is 18.8 Å². The van der Waals surface area contributed by atoms with E-state index in [0.717, 1.165) is 30.4 Å². The van der Waals surface area contributed by atoms with Gasteiger partial charge < -0.3 is 19.3 Å². The molecule has 1 aliphatic rings. The van der Waals surface area contributed by atoms with E-state index >= 15 is 0 Å². The molecule has 0 saturated heterocycles. The minimum absolute atomic E-state index is 0.0105. The first-order chi connectivity index (χ1) is 14.6. The highest BCUT2D eigenvalue weighted by atomic mass is 35.5. The number of carbonyl (C=O) groups is 1. The summed E-state index contributed by atoms with van der Waals surface area (Å²) < 4.78 is 16.2. The van der Waals surface area contributed by atoms with Gasteiger partial charge in [-0.25, -0.2) is 0 Å². The van der Waals surface area contributed by atoms with Crippen molar-refractivity contribution in [1.29, 1.82) is 0 Å². The summed E-state index contributed by atoms with van der Waals surface area (Å²) in [6.07, 6.45) is 2.27. The number of carbonyl (C=O) groups excluding carboxylic acids is 1. The van der Waals surface area contributed by atoms with Crippen LogP contribution >= 0.6 is 11.6 Å². The van der Waals surface area contributed by atoms with E-state index in [1.807, 2.05) is 48.5 Å². The molecule has 1 heterocycles. The van der Waals surface area contributed by atoms with E-state index in [-0.39, 0.29) is 5.91 Å². The Kier molecular flexibility index (Phi) is 5.68. The van der Waals surface area contributed by atoms with Gasteiger partial charge in [0.2, 0.25) is 5.91 Å². The fourth-order valence-corrected chi connectivity index (χ4v) is 3.62. The number of halogens is 1. The summed E-state index contributed by atoms with van der Waals surface area (Å²) in [7, 11) is 3.17. The van der Waals surface area contributed by atoms with Crippen molar-refractivity contribution in [2.75, 3.05) is 20.8 Å². The zero-order valence-corrected chi connectivity index (χ0v) is 17.7. The van der Waals surface area contributed by atoms with E-state index in [2.05, 4.69) is 10.5 Å². The lowest BCUT2D eigenvalue weighted by Gasteiger charge is -2.12. The quantitative estimate of drug-likeness (QED) is 0.577. The molecule has 4 rings (SSSR count). The SMILES string of the molecule is COc1ccc(-c2cc(C3(C(=O)NCCc4ccc(Cl)cc4)CC3)no2)cc1OC. The third-order valence-corrected chi connectivity index (χ3v) is 5.72. The van der Waals surface area contributed by atoms with Gasteiger partial charge in [0.05, 0.1) is 25.3 Å². The van der Waals surface area contributed by atoms with Gasteiger partial charge >= 0.3 is 0 Å². The summed E-state index contributed by atoms with van der Waals surface area (Å²) in [5.74, 6) is 1.82. The molecule has 1 fully saturated rings. The lowest BCUT2D eigenvalue weighted by molar-refractivity contribution is -0.123. The predicted octanol–water partition coefficient (Wildman–Crippen LogP) is 4.40. The molecule has 0 unspecified atom stereocenters. The molecule has 3 aromatic rings. The van der Waals surface area contributed by atoms with Crippen LogP contribution < -0.4 is 14.8 Å². The summed E-state index contributed by atoms with van der Waals surface area (Å²) in [5, 5.41) is 7.94. The molecule has 30 heavy (non-hydrogen) atoms. The Morgan fingerprint density at radius 2 is 1.83 bits per heavy atom. The van der Waals surface area contributed by atoms with Gasteiger partial charge in [-0.15, -0.1) is 0 Å². The zero-order chi connectivity index (χ0) is 21.1. The summed E-state index contributed by atoms with van der Waals surface area (Å²) in [5.41, 5.74) is 2.00. The fourth-order valence-electron chi connectivity index (χ4n) is 3.49. The maximum atomic E-state index is 12.9. The predicted molar refractivity (Wildman–Crippen MR) is 114 cm³/mol. The summed E-state index contributed by atoms with van der Waals surface area (Å²) in [6.45, 7) is 0.558. The first kappa shape index (κ1) is 20.3. The fraction of sp³-hybridized carbons (Fsp3) is 0.304. The van der Waals surface area contributed by atoms with Crippen LogP contribution in [0.5, 0.6) is 11.5 Å². The average Bonchev–Trinajstić information content (AvgIpc) is 3.44. The molecule has 7 heteroatoms. The van der Waals surface area contributed by atoms with Crippen molar-refractivity contribution in [2.24, 2.45) is 0 Å². The first-order valence-electron chi connectivity index (χ1n) is 9.78. The van der Waals surface area contributed by atoms with E-state index in [4.69, 9.17) is 25.6 Å². The van der Waals surface area contributed by atoms with Gasteiger partial charge in [-0.1, -0.05) is 28.9 Å². The topological polar surface area (TPSA) is 73.6 Å². The lowest BCUT2D eigenvalue weighted by atomic mass is 10.00. The molecule has 1 saturated carbocycles. The Bertz CT molecular complexity index is 1040. The number of aromatic nitrogens is 1. The number of hydrogen-bond acceptors (Lipinski definition) is 5. The van der Waals surface area contributed by atoms with Gasteiger partial charge in [0.25, 0.3) is 0 Å². The third-order valence-electron chi connectivity index (χ3n) is 5.47. The van der Waals surface area contributed by atoms with E-state index in [9.17, 15) is 4.79 Å². The molecule has 1 N–H and O–H groups in total. The second-order valence-electron chi connectivity index (χ2n) is 7.36. The molecule has 1 amide bonds. The maximum Gasteiger partial charge on any atom is 0.232 e. The molecule has 1 aromatic heterocycles. The Balaban J connectivity index is 1.43. The van der Waals surface area contributed by atoms with E-state index < -0.39 is 5.41 Å². The number of hydrogen-bond donors (Lipinski definition) is 1. The minimum atomic E-state index is -0.599. The van der Waals surface area contributed by atoms with Crippen LogP contribution in [0.25, 0.3) is 11.3 Å². The molecule has 0 spiro atoms. The second kappa shape index (κ2) is 8.40. The summed E-state index contributed by atoms with van der Waals surface area (Å²) >= 11 is 5.91. The highest BCUT2D eigenvalue weighted by molar-refractivity contribution is 6.30. The first-order valence-corrected chi connectivity index (χ1v) is 10.2. The molecule has 6 nitrogen and oxygen atoms in total. The number of ether oxygens (including phenoxy) is 2. The molecule has 2 aromatic carbocycles. The molecule has 0 radical (unpaired) electrons. The smallest absolute Gasteiger partial charge is 0.232 e. The van der Waals surface area contributed by atoms with Gasteiger partial charge in [0.15, 0.2) is 17.3 Å². The van der Waals surface area contributed by atoms with Gasteiger partial charge in [0, 0.05) is 23.2 Å². The van der Waals surface area contributed by atoms with Gasteiger partial charge in [0.1, 0.15) is 0 Å². The van der Waals surface area contributed by atoms with Crippen LogP contribution in [-0.2, 0) is 16.6 Å². The van der Waals surface area contributed by atoms with Crippen LogP contribution in [0.2, 0.25) is 5.02 Å². The van der Waals surface area contributed by atoms with Crippen LogP contribution in [0.3, 0.4) is 0 Å². The van der Waals surface area contributed by atoms with Crippen molar-refractivity contribution in [2.45, 2.75) is 24.7 Å². The standard InChI is InChI=1S/C23H23ClN2O4/c1-28-18-8-5-16(13-20(18)29-2)19-14-21(26-30-19)23(10-11-23)22(27)25-12-9-15-3-6-17(24)7-4-15/h3-8,13-14H,9-12H2,1-2H3,(H,25,27). The van der Waals surface area contributed by atoms with Crippen molar-refractivity contribution in [1.82, 2.24) is 10.5 Å². The minimum Gasteiger partial charge on any atom is -0.493 e. The molecule has 0 bridgehead atoms. The van der Waals surface area contributed by atoms with Crippen LogP contribution in [0.1, 0.15) is 24.1 Å². The Hall–Kier alpha value is -2.99. The van der Waals surface area contributed by atoms with Crippen molar-refractivity contribution in [3.8, 4) is 22.8 Å². The van der Waals surface area contributed by atoms with Crippen LogP contribution in [-0.4, -0.2) is 31.8 Å². The van der Waals surface area contributed by atoms with Crippen LogP contribution in [0, 0.1) is 0 Å². The molecular formula is C23H23ClN2O4. The Morgan fingerprint density at radius 3 is 2.50 bits per heavy atom. The summed E-state index contributed by atoms with van der Waals surface area (Å²) in [6, 6.07) is 15.0. The van der Waals surface area contributed by atoms with Crippen molar-refractivity contribution in [3.63, 3.8) is 0 Å². The number of amides is 1. The van der Waals surface area contributed by atoms with Gasteiger partial charge in [-0.2, -0.15) is 0 Å². The number of rotatable bonds is 8. The molecule has 1 aliphatic carbocycles. The van der Waals surface area contributed by atoms with E-state index in [1.165, 1.54) is 0 Å². The van der Waals surface area contributed by atoms with Crippen LogP contribution in [0.4, 0.5) is 0 Å². The molecule has 0 aliphatic heterocycles.